The molecule has 188 valence electrons. The number of aromatic nitrogens is 1. The molecule has 36 heavy (non-hydrogen) atoms. The van der Waals surface area contributed by atoms with E-state index >= 15 is 0 Å². The van der Waals surface area contributed by atoms with Gasteiger partial charge in [-0.1, -0.05) is 60.2 Å². The van der Waals surface area contributed by atoms with Crippen LogP contribution < -0.4 is 10.6 Å². The Morgan fingerprint density at radius 3 is 2.75 bits per heavy atom. The van der Waals surface area contributed by atoms with Gasteiger partial charge >= 0.3 is 6.03 Å². The molecule has 1 heterocycles. The first kappa shape index (κ1) is 25.7. The van der Waals surface area contributed by atoms with Crippen molar-refractivity contribution < 1.29 is 4.79 Å². The van der Waals surface area contributed by atoms with Gasteiger partial charge in [-0.3, -0.25) is 4.98 Å². The molecule has 0 saturated heterocycles. The zero-order valence-electron chi connectivity index (χ0n) is 21.0. The van der Waals surface area contributed by atoms with E-state index in [4.69, 9.17) is 11.6 Å². The van der Waals surface area contributed by atoms with Gasteiger partial charge in [0.05, 0.1) is 5.52 Å². The lowest BCUT2D eigenvalue weighted by molar-refractivity contribution is 0.193. The van der Waals surface area contributed by atoms with E-state index in [1.165, 1.54) is 5.57 Å². The summed E-state index contributed by atoms with van der Waals surface area (Å²) in [6, 6.07) is 17.7. The van der Waals surface area contributed by atoms with E-state index in [-0.39, 0.29) is 11.9 Å². The number of fused-ring (bicyclic) bond motifs is 1. The molecule has 3 aromatic rings. The molecule has 2 aromatic carbocycles. The lowest BCUT2D eigenvalue weighted by Crippen LogP contribution is -2.43. The number of urea groups is 1. The molecule has 1 aliphatic carbocycles. The van der Waals surface area contributed by atoms with E-state index in [1.807, 2.05) is 59.5 Å². The number of nitrogens with one attached hydrogen (secondary N) is 2. The van der Waals surface area contributed by atoms with Crippen molar-refractivity contribution in [1.82, 2.24) is 20.1 Å². The van der Waals surface area contributed by atoms with Crippen molar-refractivity contribution in [3.63, 3.8) is 0 Å². The van der Waals surface area contributed by atoms with E-state index in [1.54, 1.807) is 6.20 Å². The second kappa shape index (κ2) is 12.6. The smallest absolute Gasteiger partial charge is 0.317 e. The maximum atomic E-state index is 13.2. The number of carbonyl (C=O) groups excluding carboxylic acids is 1. The van der Waals surface area contributed by atoms with E-state index in [9.17, 15) is 4.79 Å². The number of amides is 2. The minimum atomic E-state index is -0.0349. The number of likely N-dealkylation sites (N-methyl/N-ethyl adjacent to an activating group) is 1. The molecule has 2 N–H and O–H groups in total. The Kier molecular flexibility index (Phi) is 8.98. The van der Waals surface area contributed by atoms with Gasteiger partial charge in [0.2, 0.25) is 0 Å². The molecular weight excluding hydrogens is 470 g/mol. The molecule has 7 heteroatoms. The highest BCUT2D eigenvalue weighted by Crippen LogP contribution is 2.25. The van der Waals surface area contributed by atoms with E-state index in [0.717, 1.165) is 41.7 Å². The minimum absolute atomic E-state index is 0.0349. The van der Waals surface area contributed by atoms with Crippen molar-refractivity contribution in [2.24, 2.45) is 5.92 Å². The first-order valence-electron chi connectivity index (χ1n) is 12.4. The van der Waals surface area contributed by atoms with Crippen LogP contribution in [0.4, 0.5) is 10.5 Å². The van der Waals surface area contributed by atoms with Gasteiger partial charge < -0.3 is 20.4 Å². The fourth-order valence-electron chi connectivity index (χ4n) is 4.44. The van der Waals surface area contributed by atoms with Gasteiger partial charge in [0.1, 0.15) is 0 Å². The van der Waals surface area contributed by atoms with Crippen LogP contribution in [0.5, 0.6) is 0 Å². The average molecular weight is 504 g/mol. The van der Waals surface area contributed by atoms with Crippen molar-refractivity contribution >= 4 is 34.2 Å². The molecule has 0 saturated carbocycles. The standard InChI is InChI=1S/C29H34ClN5O/c1-34(2)20-23-10-6-11-24(23)21-35(29(36)33-19-22-8-4-3-5-9-22)17-7-15-31-27-14-16-32-28-18-25(30)12-13-26(27)28/h3-6,8-14,16,18,24H,7,15,17,19-21H2,1-2H3,(H,31,32)(H,33,36). The Balaban J connectivity index is 1.37. The third kappa shape index (κ3) is 7.09. The number of hydrogen-bond acceptors (Lipinski definition) is 4. The molecule has 1 aliphatic rings. The molecule has 2 amide bonds. The fourth-order valence-corrected chi connectivity index (χ4v) is 4.61. The monoisotopic (exact) mass is 503 g/mol. The highest BCUT2D eigenvalue weighted by Gasteiger charge is 2.22. The molecule has 0 radical (unpaired) electrons. The van der Waals surface area contributed by atoms with Gasteiger partial charge in [-0.05, 0) is 55.9 Å². The minimum Gasteiger partial charge on any atom is -0.384 e. The van der Waals surface area contributed by atoms with Gasteiger partial charge in [0, 0.05) is 60.9 Å². The van der Waals surface area contributed by atoms with Crippen molar-refractivity contribution in [2.45, 2.75) is 13.0 Å². The molecule has 0 bridgehead atoms. The summed E-state index contributed by atoms with van der Waals surface area (Å²) >= 11 is 6.12. The number of anilines is 1. The first-order chi connectivity index (χ1) is 17.5. The molecule has 0 aliphatic heterocycles. The number of halogens is 1. The third-order valence-corrected chi connectivity index (χ3v) is 6.48. The summed E-state index contributed by atoms with van der Waals surface area (Å²) in [5, 5.41) is 8.33. The molecule has 1 atom stereocenters. The third-order valence-electron chi connectivity index (χ3n) is 6.24. The van der Waals surface area contributed by atoms with Crippen LogP contribution in [-0.2, 0) is 6.54 Å². The van der Waals surface area contributed by atoms with Gasteiger partial charge in [-0.2, -0.15) is 0 Å². The molecule has 6 nitrogen and oxygen atoms in total. The Labute approximate surface area is 218 Å². The molecule has 0 spiro atoms. The lowest BCUT2D eigenvalue weighted by Gasteiger charge is -2.28. The van der Waals surface area contributed by atoms with Crippen LogP contribution >= 0.6 is 11.6 Å². The molecule has 1 aromatic heterocycles. The topological polar surface area (TPSA) is 60.5 Å². The number of pyridine rings is 1. The number of carbonyl (C=O) groups is 1. The number of hydrogen-bond donors (Lipinski definition) is 2. The summed E-state index contributed by atoms with van der Waals surface area (Å²) in [4.78, 5) is 21.7. The number of allylic oxidation sites excluding steroid dienone is 2. The molecule has 0 fully saturated rings. The Morgan fingerprint density at radius 1 is 1.11 bits per heavy atom. The maximum Gasteiger partial charge on any atom is 0.317 e. The number of rotatable bonds is 11. The number of nitrogens with zero attached hydrogens (tertiary/aromatic N) is 3. The fraction of sp³-hybridized carbons (Fsp3) is 0.310. The summed E-state index contributed by atoms with van der Waals surface area (Å²) in [6.45, 7) is 3.46. The SMILES string of the molecule is CN(C)CC1=CC=CC1CN(CCCNc1ccnc2cc(Cl)ccc12)C(=O)NCc1ccccc1. The highest BCUT2D eigenvalue weighted by atomic mass is 35.5. The maximum absolute atomic E-state index is 13.2. The van der Waals surface area contributed by atoms with Crippen molar-refractivity contribution in [2.75, 3.05) is 45.6 Å². The molecule has 4 rings (SSSR count). The summed E-state index contributed by atoms with van der Waals surface area (Å²) in [5.41, 5.74) is 4.31. The zero-order valence-corrected chi connectivity index (χ0v) is 21.7. The quantitative estimate of drug-likeness (QED) is 0.335. The van der Waals surface area contributed by atoms with Crippen molar-refractivity contribution in [3.05, 3.63) is 95.2 Å². The van der Waals surface area contributed by atoms with Gasteiger partial charge in [-0.15, -0.1) is 0 Å². The predicted molar refractivity (Wildman–Crippen MR) is 149 cm³/mol. The van der Waals surface area contributed by atoms with Crippen molar-refractivity contribution in [1.29, 1.82) is 0 Å². The predicted octanol–water partition coefficient (Wildman–Crippen LogP) is 5.58. The van der Waals surface area contributed by atoms with Gasteiger partial charge in [-0.25, -0.2) is 4.79 Å². The summed E-state index contributed by atoms with van der Waals surface area (Å²) < 4.78 is 0. The second-order valence-electron chi connectivity index (χ2n) is 9.36. The van der Waals surface area contributed by atoms with Crippen LogP contribution in [0.3, 0.4) is 0 Å². The normalized spacial score (nSPS) is 14.8. The highest BCUT2D eigenvalue weighted by molar-refractivity contribution is 6.31. The van der Waals surface area contributed by atoms with Crippen LogP contribution in [0.2, 0.25) is 5.02 Å². The molecular formula is C29H34ClN5O. The van der Waals surface area contributed by atoms with Crippen LogP contribution in [0.15, 0.2) is 84.6 Å². The summed E-state index contributed by atoms with van der Waals surface area (Å²) in [7, 11) is 4.14. The summed E-state index contributed by atoms with van der Waals surface area (Å²) in [6.07, 6.45) is 9.08. The van der Waals surface area contributed by atoms with Crippen LogP contribution in [-0.4, -0.2) is 61.1 Å². The van der Waals surface area contributed by atoms with Crippen LogP contribution in [0, 0.1) is 5.92 Å². The number of benzene rings is 2. The van der Waals surface area contributed by atoms with Crippen LogP contribution in [0.1, 0.15) is 12.0 Å². The van der Waals surface area contributed by atoms with E-state index in [0.29, 0.717) is 24.7 Å². The van der Waals surface area contributed by atoms with E-state index in [2.05, 4.69) is 52.8 Å². The zero-order chi connectivity index (χ0) is 25.3. The summed E-state index contributed by atoms with van der Waals surface area (Å²) in [5.74, 6) is 0.233. The average Bonchev–Trinajstić information content (AvgIpc) is 3.30. The Hall–Kier alpha value is -3.35. The Morgan fingerprint density at radius 2 is 1.94 bits per heavy atom. The van der Waals surface area contributed by atoms with Gasteiger partial charge in [0.15, 0.2) is 0 Å². The van der Waals surface area contributed by atoms with Crippen molar-refractivity contribution in [3.8, 4) is 0 Å². The largest absolute Gasteiger partial charge is 0.384 e. The lowest BCUT2D eigenvalue weighted by atomic mass is 10.0. The second-order valence-corrected chi connectivity index (χ2v) is 9.80. The molecule has 1 unspecified atom stereocenters. The first-order valence-corrected chi connectivity index (χ1v) is 12.7. The van der Waals surface area contributed by atoms with Gasteiger partial charge in [0.25, 0.3) is 0 Å². The van der Waals surface area contributed by atoms with Crippen LogP contribution in [0.25, 0.3) is 10.9 Å². The Bertz CT molecular complexity index is 1220. The van der Waals surface area contributed by atoms with E-state index < -0.39 is 0 Å².